The van der Waals surface area contributed by atoms with Gasteiger partial charge < -0.3 is 10.5 Å². The summed E-state index contributed by atoms with van der Waals surface area (Å²) in [7, 11) is 1.71. The molecule has 2 N–H and O–H groups in total. The minimum atomic E-state index is 0.664. The average molecular weight is 262 g/mol. The molecular weight excluding hydrogens is 236 g/mol. The van der Waals surface area contributed by atoms with Gasteiger partial charge in [-0.15, -0.1) is 0 Å². The van der Waals surface area contributed by atoms with Crippen molar-refractivity contribution in [2.24, 2.45) is 11.7 Å². The predicted molar refractivity (Wildman–Crippen MR) is 79.3 cm³/mol. The maximum atomic E-state index is 5.90. The lowest BCUT2D eigenvalue weighted by atomic mass is 10.0. The van der Waals surface area contributed by atoms with E-state index in [0.717, 1.165) is 25.4 Å². The van der Waals surface area contributed by atoms with Crippen molar-refractivity contribution in [2.45, 2.75) is 38.8 Å². The first-order valence-corrected chi connectivity index (χ1v) is 7.35. The van der Waals surface area contributed by atoms with Crippen molar-refractivity contribution in [3.8, 4) is 5.75 Å². The molecule has 1 aliphatic rings. The summed E-state index contributed by atoms with van der Waals surface area (Å²) in [6, 6.07) is 9.07. The van der Waals surface area contributed by atoms with E-state index in [9.17, 15) is 0 Å². The Balaban J connectivity index is 2.01. The molecule has 0 radical (unpaired) electrons. The molecule has 2 rings (SSSR count). The van der Waals surface area contributed by atoms with Crippen LogP contribution in [0.3, 0.4) is 0 Å². The molecule has 0 bridgehead atoms. The van der Waals surface area contributed by atoms with Crippen LogP contribution < -0.4 is 10.5 Å². The number of benzene rings is 1. The highest BCUT2D eigenvalue weighted by Gasteiger charge is 2.30. The van der Waals surface area contributed by atoms with Crippen molar-refractivity contribution < 1.29 is 4.74 Å². The van der Waals surface area contributed by atoms with E-state index < -0.39 is 0 Å². The Morgan fingerprint density at radius 3 is 2.58 bits per heavy atom. The second-order valence-corrected chi connectivity index (χ2v) is 5.41. The van der Waals surface area contributed by atoms with Gasteiger partial charge in [-0.05, 0) is 49.5 Å². The van der Waals surface area contributed by atoms with Gasteiger partial charge in [-0.3, -0.25) is 4.90 Å². The van der Waals surface area contributed by atoms with Gasteiger partial charge in [-0.2, -0.15) is 0 Å². The minimum absolute atomic E-state index is 0.664. The molecule has 1 saturated carbocycles. The molecule has 1 aliphatic carbocycles. The second kappa shape index (κ2) is 6.92. The number of methoxy groups -OCH3 is 1. The van der Waals surface area contributed by atoms with Gasteiger partial charge in [0.1, 0.15) is 5.75 Å². The monoisotopic (exact) mass is 262 g/mol. The fourth-order valence-corrected chi connectivity index (χ4v) is 3.20. The first kappa shape index (κ1) is 14.4. The van der Waals surface area contributed by atoms with E-state index in [1.54, 1.807) is 7.11 Å². The van der Waals surface area contributed by atoms with E-state index in [4.69, 9.17) is 10.5 Å². The lowest BCUT2D eigenvalue weighted by Gasteiger charge is -2.31. The number of nitrogens with two attached hydrogens (primary N) is 1. The third-order valence-electron chi connectivity index (χ3n) is 4.34. The van der Waals surface area contributed by atoms with E-state index >= 15 is 0 Å². The molecule has 0 spiro atoms. The third kappa shape index (κ3) is 3.48. The molecule has 3 nitrogen and oxygen atoms in total. The molecule has 0 saturated heterocycles. The van der Waals surface area contributed by atoms with Gasteiger partial charge in [0.15, 0.2) is 0 Å². The third-order valence-corrected chi connectivity index (χ3v) is 4.34. The summed E-state index contributed by atoms with van der Waals surface area (Å²) >= 11 is 0. The summed E-state index contributed by atoms with van der Waals surface area (Å²) in [5, 5.41) is 0. The molecule has 0 amide bonds. The van der Waals surface area contributed by atoms with Crippen molar-refractivity contribution in [2.75, 3.05) is 20.2 Å². The fourth-order valence-electron chi connectivity index (χ4n) is 3.20. The van der Waals surface area contributed by atoms with Gasteiger partial charge in [0, 0.05) is 12.6 Å². The van der Waals surface area contributed by atoms with Crippen LogP contribution >= 0.6 is 0 Å². The van der Waals surface area contributed by atoms with Gasteiger partial charge >= 0.3 is 0 Å². The molecule has 3 heteroatoms. The normalized spacial score (nSPS) is 22.9. The smallest absolute Gasteiger partial charge is 0.118 e. The van der Waals surface area contributed by atoms with Crippen LogP contribution in [0.25, 0.3) is 0 Å². The van der Waals surface area contributed by atoms with Crippen LogP contribution in [0.5, 0.6) is 5.75 Å². The largest absolute Gasteiger partial charge is 0.497 e. The Morgan fingerprint density at radius 1 is 1.26 bits per heavy atom. The molecule has 1 fully saturated rings. The number of ether oxygens (including phenoxy) is 1. The van der Waals surface area contributed by atoms with Crippen molar-refractivity contribution >= 4 is 0 Å². The lowest BCUT2D eigenvalue weighted by Crippen LogP contribution is -2.39. The highest BCUT2D eigenvalue weighted by Crippen LogP contribution is 2.30. The topological polar surface area (TPSA) is 38.5 Å². The van der Waals surface area contributed by atoms with E-state index in [1.807, 2.05) is 12.1 Å². The van der Waals surface area contributed by atoms with Crippen LogP contribution in [-0.2, 0) is 6.54 Å². The van der Waals surface area contributed by atoms with Gasteiger partial charge in [-0.1, -0.05) is 25.5 Å². The van der Waals surface area contributed by atoms with E-state index in [0.29, 0.717) is 12.0 Å². The van der Waals surface area contributed by atoms with Crippen molar-refractivity contribution in [3.63, 3.8) is 0 Å². The molecule has 0 aromatic heterocycles. The molecule has 106 valence electrons. The molecular formula is C16H26N2O. The summed E-state index contributed by atoms with van der Waals surface area (Å²) < 4.78 is 5.20. The minimum Gasteiger partial charge on any atom is -0.497 e. The Kier molecular flexibility index (Phi) is 5.23. The zero-order valence-electron chi connectivity index (χ0n) is 12.1. The Morgan fingerprint density at radius 2 is 2.00 bits per heavy atom. The maximum absolute atomic E-state index is 5.90. The van der Waals surface area contributed by atoms with Gasteiger partial charge in [0.05, 0.1) is 7.11 Å². The lowest BCUT2D eigenvalue weighted by molar-refractivity contribution is 0.162. The molecule has 2 unspecified atom stereocenters. The van der Waals surface area contributed by atoms with Crippen LogP contribution in [0.1, 0.15) is 31.7 Å². The molecule has 0 heterocycles. The summed E-state index contributed by atoms with van der Waals surface area (Å²) in [5.41, 5.74) is 7.26. The van der Waals surface area contributed by atoms with E-state index in [1.165, 1.54) is 24.8 Å². The zero-order valence-corrected chi connectivity index (χ0v) is 12.1. The fraction of sp³-hybridized carbons (Fsp3) is 0.625. The van der Waals surface area contributed by atoms with E-state index in [-0.39, 0.29) is 0 Å². The number of rotatable bonds is 6. The number of nitrogens with zero attached hydrogens (tertiary/aromatic N) is 1. The van der Waals surface area contributed by atoms with Crippen molar-refractivity contribution in [1.29, 1.82) is 0 Å². The highest BCUT2D eigenvalue weighted by atomic mass is 16.5. The average Bonchev–Trinajstić information content (AvgIpc) is 2.93. The van der Waals surface area contributed by atoms with Crippen molar-refractivity contribution in [1.82, 2.24) is 4.90 Å². The first-order chi connectivity index (χ1) is 9.28. The summed E-state index contributed by atoms with van der Waals surface area (Å²) in [6.45, 7) is 5.17. The first-order valence-electron chi connectivity index (χ1n) is 7.35. The SMILES string of the molecule is CCN(Cc1ccc(OC)cc1)C1CCCC1CN. The van der Waals surface area contributed by atoms with Crippen LogP contribution in [0, 0.1) is 5.92 Å². The maximum Gasteiger partial charge on any atom is 0.118 e. The quantitative estimate of drug-likeness (QED) is 0.856. The number of hydrogen-bond acceptors (Lipinski definition) is 3. The summed E-state index contributed by atoms with van der Waals surface area (Å²) in [4.78, 5) is 2.58. The van der Waals surface area contributed by atoms with Crippen LogP contribution in [0.15, 0.2) is 24.3 Å². The molecule has 1 aromatic carbocycles. The van der Waals surface area contributed by atoms with Crippen LogP contribution in [0.2, 0.25) is 0 Å². The summed E-state index contributed by atoms with van der Waals surface area (Å²) in [5.74, 6) is 1.60. The predicted octanol–water partition coefficient (Wildman–Crippen LogP) is 2.64. The summed E-state index contributed by atoms with van der Waals surface area (Å²) in [6.07, 6.45) is 3.91. The van der Waals surface area contributed by atoms with Crippen LogP contribution in [-0.4, -0.2) is 31.1 Å². The number of hydrogen-bond donors (Lipinski definition) is 1. The zero-order chi connectivity index (χ0) is 13.7. The highest BCUT2D eigenvalue weighted by molar-refractivity contribution is 5.27. The molecule has 2 atom stereocenters. The standard InChI is InChI=1S/C16H26N2O/c1-3-18(16-6-4-5-14(16)11-17)12-13-7-9-15(19-2)10-8-13/h7-10,14,16H,3-6,11-12,17H2,1-2H3. The van der Waals surface area contributed by atoms with Gasteiger partial charge in [-0.25, -0.2) is 0 Å². The molecule has 19 heavy (non-hydrogen) atoms. The second-order valence-electron chi connectivity index (χ2n) is 5.41. The van der Waals surface area contributed by atoms with Gasteiger partial charge in [0.2, 0.25) is 0 Å². The van der Waals surface area contributed by atoms with Gasteiger partial charge in [0.25, 0.3) is 0 Å². The van der Waals surface area contributed by atoms with Crippen molar-refractivity contribution in [3.05, 3.63) is 29.8 Å². The molecule has 0 aliphatic heterocycles. The molecule has 1 aromatic rings. The Bertz CT molecular complexity index is 377. The van der Waals surface area contributed by atoms with E-state index in [2.05, 4.69) is 24.0 Å². The Hall–Kier alpha value is -1.06. The van der Waals surface area contributed by atoms with Crippen LogP contribution in [0.4, 0.5) is 0 Å². The Labute approximate surface area is 116 Å².